The third-order valence-corrected chi connectivity index (χ3v) is 13.9. The molecule has 3 N–H and O–H groups in total. The standard InChI is InChI=1S/C22H27FN2O6S.C17H19FN2O5S/c1-4-7-15-9-10-16(12-18(15)23)19-13-17(30-24-19)14-22(2,32(3,27)28)21(26)25-31-20-8-5-6-11-29-20;1-4-5-11-6-7-12(8-14(11)18)15-9-13(25-20-15)10-17(2,16(21)19-22)26(3,23)24/h9-10,12,17,20H,5-6,8,11,13-14H2,1-3H3,(H,25,26);6-8,13,22H,9-10H2,1-3H3,(H,19,21). The predicted molar refractivity (Wildman–Crippen MR) is 208 cm³/mol. The topological polar surface area (TPSA) is 208 Å². The molecule has 5 unspecified atom stereocenters. The van der Waals surface area contributed by atoms with Crippen LogP contribution in [0.1, 0.15) is 94.9 Å². The van der Waals surface area contributed by atoms with Crippen LogP contribution in [0.5, 0.6) is 0 Å². The maximum absolute atomic E-state index is 14.2. The van der Waals surface area contributed by atoms with Crippen LogP contribution in [0.3, 0.4) is 0 Å². The van der Waals surface area contributed by atoms with Crippen molar-refractivity contribution in [3.63, 3.8) is 0 Å². The molecule has 1 fully saturated rings. The molecule has 3 aliphatic rings. The molecule has 0 radical (unpaired) electrons. The number of hydroxylamine groups is 2. The summed E-state index contributed by atoms with van der Waals surface area (Å²) in [6.07, 6.45) is 2.37. The lowest BCUT2D eigenvalue weighted by Crippen LogP contribution is -2.52. The van der Waals surface area contributed by atoms with Crippen LogP contribution in [-0.2, 0) is 48.5 Å². The van der Waals surface area contributed by atoms with Gasteiger partial charge in [-0.1, -0.05) is 34.3 Å². The Morgan fingerprint density at radius 2 is 1.29 bits per heavy atom. The number of sulfone groups is 2. The van der Waals surface area contributed by atoms with Gasteiger partial charge >= 0.3 is 0 Å². The fraction of sp³-hybridized carbons (Fsp3) is 0.487. The van der Waals surface area contributed by atoms with Crippen molar-refractivity contribution in [2.75, 3.05) is 19.1 Å². The van der Waals surface area contributed by atoms with Gasteiger partial charge in [-0.25, -0.2) is 41.4 Å². The van der Waals surface area contributed by atoms with Crippen molar-refractivity contribution >= 4 is 42.9 Å². The maximum Gasteiger partial charge on any atom is 0.264 e. The molecular weight excluding hydrogens is 803 g/mol. The van der Waals surface area contributed by atoms with E-state index in [1.54, 1.807) is 32.0 Å². The molecule has 2 amide bonds. The molecule has 0 saturated carbocycles. The highest BCUT2D eigenvalue weighted by Crippen LogP contribution is 2.31. The van der Waals surface area contributed by atoms with Crippen molar-refractivity contribution in [1.82, 2.24) is 11.0 Å². The zero-order valence-electron chi connectivity index (χ0n) is 32.8. The molecule has 1 saturated heterocycles. The Kier molecular flexibility index (Phi) is 15.2. The summed E-state index contributed by atoms with van der Waals surface area (Å²) in [5, 5.41) is 16.7. The van der Waals surface area contributed by atoms with Crippen LogP contribution in [0.4, 0.5) is 8.78 Å². The van der Waals surface area contributed by atoms with Crippen LogP contribution < -0.4 is 11.0 Å². The van der Waals surface area contributed by atoms with Crippen LogP contribution in [0.2, 0.25) is 0 Å². The molecular formula is C39H46F2N4O11S2. The minimum absolute atomic E-state index is 0.151. The lowest BCUT2D eigenvalue weighted by Gasteiger charge is -2.29. The van der Waals surface area contributed by atoms with Crippen LogP contribution in [0, 0.1) is 35.3 Å². The fourth-order valence-corrected chi connectivity index (χ4v) is 7.86. The number of oxime groups is 2. The monoisotopic (exact) mass is 848 g/mol. The number of carbonyl (C=O) groups is 2. The maximum atomic E-state index is 14.2. The molecule has 2 aromatic rings. The first-order valence-electron chi connectivity index (χ1n) is 18.1. The first-order chi connectivity index (χ1) is 27.3. The molecule has 0 aromatic heterocycles. The largest absolute Gasteiger partial charge is 0.392 e. The lowest BCUT2D eigenvalue weighted by atomic mass is 9.96. The van der Waals surface area contributed by atoms with E-state index >= 15 is 0 Å². The normalized spacial score (nSPS) is 20.9. The van der Waals surface area contributed by atoms with E-state index in [4.69, 9.17) is 24.5 Å². The Hall–Kier alpha value is -4.92. The number of carbonyl (C=O) groups excluding carboxylic acids is 2. The van der Waals surface area contributed by atoms with E-state index < -0.39 is 71.1 Å². The van der Waals surface area contributed by atoms with Gasteiger partial charge in [-0.15, -0.1) is 11.8 Å². The highest BCUT2D eigenvalue weighted by atomic mass is 32.2. The summed E-state index contributed by atoms with van der Waals surface area (Å²) in [7, 11) is -7.69. The molecule has 0 spiro atoms. The Morgan fingerprint density at radius 1 is 0.828 bits per heavy atom. The average Bonchev–Trinajstić information content (AvgIpc) is 3.85. The van der Waals surface area contributed by atoms with Gasteiger partial charge < -0.3 is 14.4 Å². The van der Waals surface area contributed by atoms with Gasteiger partial charge in [0.25, 0.3) is 11.8 Å². The summed E-state index contributed by atoms with van der Waals surface area (Å²) in [4.78, 5) is 40.6. The second-order valence-electron chi connectivity index (χ2n) is 14.3. The van der Waals surface area contributed by atoms with Crippen molar-refractivity contribution in [3.05, 3.63) is 70.3 Å². The lowest BCUT2D eigenvalue weighted by molar-refractivity contribution is -0.201. The third kappa shape index (κ3) is 11.0. The second-order valence-corrected chi connectivity index (χ2v) is 19.2. The van der Waals surface area contributed by atoms with Crippen molar-refractivity contribution in [2.24, 2.45) is 10.3 Å². The predicted octanol–water partition coefficient (Wildman–Crippen LogP) is 3.85. The first-order valence-corrected chi connectivity index (χ1v) is 21.9. The van der Waals surface area contributed by atoms with Crippen LogP contribution >= 0.6 is 0 Å². The van der Waals surface area contributed by atoms with Gasteiger partial charge in [0, 0.05) is 62.3 Å². The summed E-state index contributed by atoms with van der Waals surface area (Å²) >= 11 is 0. The van der Waals surface area contributed by atoms with Gasteiger partial charge in [-0.3, -0.25) is 14.8 Å². The molecule has 0 aliphatic carbocycles. The van der Waals surface area contributed by atoms with Gasteiger partial charge in [0.1, 0.15) is 23.8 Å². The molecule has 3 heterocycles. The number of hydrogen-bond acceptors (Lipinski definition) is 13. The Balaban J connectivity index is 0.000000262. The molecule has 15 nitrogen and oxygen atoms in total. The number of benzene rings is 2. The minimum atomic E-state index is -3.84. The highest BCUT2D eigenvalue weighted by Gasteiger charge is 2.48. The summed E-state index contributed by atoms with van der Waals surface area (Å²) in [6.45, 7) is 6.27. The number of rotatable bonds is 12. The number of hydrogen-bond donors (Lipinski definition) is 3. The van der Waals surface area contributed by atoms with Crippen molar-refractivity contribution < 1.29 is 59.7 Å². The van der Waals surface area contributed by atoms with Crippen molar-refractivity contribution in [3.8, 4) is 23.7 Å². The summed E-state index contributed by atoms with van der Waals surface area (Å²) in [5.41, 5.74) is 6.05. The van der Waals surface area contributed by atoms with Crippen molar-refractivity contribution in [2.45, 2.75) is 101 Å². The molecule has 58 heavy (non-hydrogen) atoms. The SMILES string of the molecule is CC#Cc1ccc(C2=NOC(CC(C)(C(=O)NO)S(C)(=O)=O)C2)cc1F.CC#Cc1ccc(C2=NOC(CC(C)(C(=O)NOC3CCCCO3)S(C)(=O)=O)C2)cc1F. The molecule has 0 bridgehead atoms. The Morgan fingerprint density at radius 3 is 1.67 bits per heavy atom. The van der Waals surface area contributed by atoms with E-state index in [0.29, 0.717) is 35.6 Å². The van der Waals surface area contributed by atoms with Gasteiger partial charge in [0.05, 0.1) is 22.6 Å². The van der Waals surface area contributed by atoms with E-state index in [0.717, 1.165) is 25.4 Å². The van der Waals surface area contributed by atoms with Gasteiger partial charge in [-0.2, -0.15) is 0 Å². The smallest absolute Gasteiger partial charge is 0.264 e. The van der Waals surface area contributed by atoms with E-state index in [-0.39, 0.29) is 36.8 Å². The number of amides is 2. The van der Waals surface area contributed by atoms with Gasteiger partial charge in [0.15, 0.2) is 35.5 Å². The number of halogens is 2. The zero-order chi connectivity index (χ0) is 42.9. The quantitative estimate of drug-likeness (QED) is 0.159. The molecule has 5 atom stereocenters. The second kappa shape index (κ2) is 19.2. The van der Waals surface area contributed by atoms with E-state index in [1.165, 1.54) is 37.5 Å². The fourth-order valence-electron chi connectivity index (χ4n) is 6.12. The molecule has 314 valence electrons. The number of nitrogens with one attached hydrogen (secondary N) is 2. The first kappa shape index (κ1) is 45.8. The molecule has 19 heteroatoms. The summed E-state index contributed by atoms with van der Waals surface area (Å²) < 4.78 is 79.0. The van der Waals surface area contributed by atoms with Crippen LogP contribution in [0.15, 0.2) is 46.7 Å². The van der Waals surface area contributed by atoms with Crippen molar-refractivity contribution in [1.29, 1.82) is 0 Å². The van der Waals surface area contributed by atoms with Crippen LogP contribution in [-0.4, -0.2) is 92.4 Å². The average molecular weight is 849 g/mol. The van der Waals surface area contributed by atoms with E-state index in [2.05, 4.69) is 39.5 Å². The van der Waals surface area contributed by atoms with Gasteiger partial charge in [0.2, 0.25) is 0 Å². The van der Waals surface area contributed by atoms with E-state index in [1.807, 2.05) is 0 Å². The minimum Gasteiger partial charge on any atom is -0.392 e. The zero-order valence-corrected chi connectivity index (χ0v) is 34.5. The molecule has 5 rings (SSSR count). The number of nitrogens with zero attached hydrogens (tertiary/aromatic N) is 2. The highest BCUT2D eigenvalue weighted by molar-refractivity contribution is 7.93. The van der Waals surface area contributed by atoms with E-state index in [9.17, 15) is 35.2 Å². The third-order valence-electron chi connectivity index (χ3n) is 9.94. The van der Waals surface area contributed by atoms with Crippen LogP contribution in [0.25, 0.3) is 0 Å². The Bertz CT molecular complexity index is 2290. The summed E-state index contributed by atoms with van der Waals surface area (Å²) in [5.74, 6) is 7.74. The number of ether oxygens (including phenoxy) is 1. The molecule has 3 aliphatic heterocycles. The summed E-state index contributed by atoms with van der Waals surface area (Å²) in [6, 6.07) is 8.98. The van der Waals surface area contributed by atoms with Gasteiger partial charge in [-0.05, 0) is 64.8 Å². The Labute approximate surface area is 336 Å². The molecule has 2 aromatic carbocycles.